The molecule has 2 aromatic carbocycles. The van der Waals surface area contributed by atoms with Gasteiger partial charge in [-0.25, -0.2) is 0 Å². The summed E-state index contributed by atoms with van der Waals surface area (Å²) in [7, 11) is 0. The summed E-state index contributed by atoms with van der Waals surface area (Å²) in [6.45, 7) is 24.1. The van der Waals surface area contributed by atoms with E-state index in [1.54, 1.807) is 0 Å². The van der Waals surface area contributed by atoms with E-state index in [-0.39, 0.29) is 10.8 Å². The number of hydrogen-bond acceptors (Lipinski definition) is 2. The van der Waals surface area contributed by atoms with Gasteiger partial charge in [0.2, 0.25) is 0 Å². The number of ether oxygens (including phenoxy) is 1. The molecule has 0 atom stereocenters. The summed E-state index contributed by atoms with van der Waals surface area (Å²) in [5.74, 6) is 1.58. The number of unbranched alkanes of at least 4 members (excludes halogenated alkanes) is 30. The minimum absolute atomic E-state index is 0.0609. The Morgan fingerprint density at radius 3 is 1.05 bits per heavy atom. The predicted octanol–water partition coefficient (Wildman–Crippen LogP) is 20.4. The van der Waals surface area contributed by atoms with Crippen molar-refractivity contribution in [3.8, 4) is 22.6 Å². The Morgan fingerprint density at radius 2 is 0.710 bits per heavy atom. The molecule has 2 rings (SSSR count). The van der Waals surface area contributed by atoms with Crippen molar-refractivity contribution >= 4 is 0 Å². The van der Waals surface area contributed by atoms with E-state index >= 15 is 0 Å². The first kappa shape index (κ1) is 56.2. The first-order chi connectivity index (χ1) is 29.9. The molecule has 0 aliphatic heterocycles. The molecular formula is C60H106O2. The molecule has 62 heavy (non-hydrogen) atoms. The number of phenols is 1. The molecule has 0 saturated heterocycles. The molecule has 0 aliphatic rings. The number of rotatable bonds is 38. The lowest BCUT2D eigenvalue weighted by atomic mass is 9.73. The first-order valence-electron chi connectivity index (χ1n) is 27.5. The minimum Gasteiger partial charge on any atom is -0.508 e. The summed E-state index contributed by atoms with van der Waals surface area (Å²) >= 11 is 0. The third kappa shape index (κ3) is 23.3. The Kier molecular flexibility index (Phi) is 30.4. The Balaban J connectivity index is 2.40. The smallest absolute Gasteiger partial charge is 0.130 e. The third-order valence-corrected chi connectivity index (χ3v) is 13.7. The summed E-state index contributed by atoms with van der Waals surface area (Å²) in [6, 6.07) is 6.97. The lowest BCUT2D eigenvalue weighted by Crippen LogP contribution is -2.20. The highest BCUT2D eigenvalue weighted by Gasteiger charge is 2.31. The number of hydrogen-bond donors (Lipinski definition) is 1. The van der Waals surface area contributed by atoms with Crippen LogP contribution < -0.4 is 4.74 Å². The van der Waals surface area contributed by atoms with Crippen molar-refractivity contribution < 1.29 is 9.84 Å². The lowest BCUT2D eigenvalue weighted by molar-refractivity contribution is 0.301. The zero-order valence-electron chi connectivity index (χ0n) is 43.5. The summed E-state index contributed by atoms with van der Waals surface area (Å²) in [4.78, 5) is 0. The molecule has 0 unspecified atom stereocenters. The first-order valence-corrected chi connectivity index (χ1v) is 27.5. The maximum Gasteiger partial charge on any atom is 0.130 e. The van der Waals surface area contributed by atoms with Gasteiger partial charge in [0.05, 0.1) is 6.61 Å². The predicted molar refractivity (Wildman–Crippen MR) is 278 cm³/mol. The highest BCUT2D eigenvalue weighted by Crippen LogP contribution is 2.49. The van der Waals surface area contributed by atoms with Crippen LogP contribution >= 0.6 is 0 Å². The molecule has 0 bridgehead atoms. The molecule has 0 radical (unpaired) electrons. The summed E-state index contributed by atoms with van der Waals surface area (Å²) < 4.78 is 7.21. The van der Waals surface area contributed by atoms with Crippen molar-refractivity contribution in [3.63, 3.8) is 0 Å². The van der Waals surface area contributed by atoms with Crippen molar-refractivity contribution in [2.24, 2.45) is 0 Å². The van der Waals surface area contributed by atoms with Gasteiger partial charge in [0.1, 0.15) is 11.5 Å². The van der Waals surface area contributed by atoms with Crippen molar-refractivity contribution in [1.29, 1.82) is 0 Å². The Hall–Kier alpha value is -1.96. The quantitative estimate of drug-likeness (QED) is 0.0682. The second-order valence-electron chi connectivity index (χ2n) is 21.9. The molecule has 2 nitrogen and oxygen atoms in total. The van der Waals surface area contributed by atoms with E-state index in [0.29, 0.717) is 5.75 Å². The molecule has 0 aromatic heterocycles. The molecule has 1 N–H and O–H groups in total. The van der Waals surface area contributed by atoms with Crippen LogP contribution in [0.2, 0.25) is 0 Å². The molecule has 0 heterocycles. The Morgan fingerprint density at radius 1 is 0.403 bits per heavy atom. The Bertz CT molecular complexity index is 1370. The van der Waals surface area contributed by atoms with Crippen LogP contribution in [0.4, 0.5) is 0 Å². The number of phenolic OH excluding ortho intramolecular Hbond substituents is 1. The van der Waals surface area contributed by atoms with Gasteiger partial charge in [-0.15, -0.1) is 0 Å². The molecule has 0 amide bonds. The van der Waals surface area contributed by atoms with Crippen molar-refractivity contribution in [3.05, 3.63) is 46.0 Å². The molecule has 358 valence electrons. The van der Waals surface area contributed by atoms with Gasteiger partial charge in [-0.3, -0.25) is 0 Å². The van der Waals surface area contributed by atoms with Gasteiger partial charge < -0.3 is 9.84 Å². The minimum atomic E-state index is -0.0609. The molecule has 2 heteroatoms. The number of aromatic hydroxyl groups is 1. The highest BCUT2D eigenvalue weighted by molar-refractivity contribution is 5.82. The van der Waals surface area contributed by atoms with E-state index < -0.39 is 0 Å². The van der Waals surface area contributed by atoms with Crippen LogP contribution in [0, 0.1) is 6.92 Å². The molecule has 0 aliphatic carbocycles. The van der Waals surface area contributed by atoms with Crippen LogP contribution in [-0.2, 0) is 23.7 Å². The summed E-state index contributed by atoms with van der Waals surface area (Å²) in [6.07, 6.45) is 46.1. The molecule has 0 fully saturated rings. The molecular weight excluding hydrogens is 753 g/mol. The largest absolute Gasteiger partial charge is 0.508 e. The van der Waals surface area contributed by atoms with Crippen LogP contribution in [0.1, 0.15) is 302 Å². The topological polar surface area (TPSA) is 29.5 Å². The van der Waals surface area contributed by atoms with E-state index in [1.807, 2.05) is 0 Å². The summed E-state index contributed by atoms with van der Waals surface area (Å²) in [5, 5.41) is 12.3. The van der Waals surface area contributed by atoms with Crippen LogP contribution in [-0.4, -0.2) is 11.7 Å². The van der Waals surface area contributed by atoms with E-state index in [0.717, 1.165) is 50.0 Å². The van der Waals surface area contributed by atoms with Gasteiger partial charge in [-0.1, -0.05) is 273 Å². The highest BCUT2D eigenvalue weighted by atomic mass is 16.5. The molecule has 2 aromatic rings. The van der Waals surface area contributed by atoms with Crippen molar-refractivity contribution in [2.45, 2.75) is 305 Å². The second-order valence-corrected chi connectivity index (χ2v) is 21.9. The molecule has 0 spiro atoms. The van der Waals surface area contributed by atoms with Crippen LogP contribution in [0.15, 0.2) is 18.2 Å². The SMILES string of the molecule is CCCCCCCCCCCCCOc1c(-c2c(C(C)(C)C)cc(C)cc2C(C)(C)C)cc(O)c(CCCCCCCCCCCCC)c1CCCCCCCCCCCCC. The molecule has 0 saturated carbocycles. The monoisotopic (exact) mass is 859 g/mol. The zero-order valence-corrected chi connectivity index (χ0v) is 43.5. The van der Waals surface area contributed by atoms with E-state index in [1.165, 1.54) is 226 Å². The van der Waals surface area contributed by atoms with E-state index in [2.05, 4.69) is 87.4 Å². The van der Waals surface area contributed by atoms with Crippen molar-refractivity contribution in [2.75, 3.05) is 6.61 Å². The second kappa shape index (κ2) is 33.5. The van der Waals surface area contributed by atoms with Crippen LogP contribution in [0.3, 0.4) is 0 Å². The fraction of sp³-hybridized carbons (Fsp3) is 0.800. The van der Waals surface area contributed by atoms with Gasteiger partial charge in [0.15, 0.2) is 0 Å². The average Bonchev–Trinajstić information content (AvgIpc) is 3.22. The summed E-state index contributed by atoms with van der Waals surface area (Å²) in [5.41, 5.74) is 8.82. The number of benzene rings is 2. The van der Waals surface area contributed by atoms with Gasteiger partial charge in [-0.2, -0.15) is 0 Å². The Labute approximate surface area is 388 Å². The fourth-order valence-electron chi connectivity index (χ4n) is 9.77. The third-order valence-electron chi connectivity index (χ3n) is 13.7. The van der Waals surface area contributed by atoms with Crippen LogP contribution in [0.25, 0.3) is 11.1 Å². The van der Waals surface area contributed by atoms with Gasteiger partial charge in [0, 0.05) is 16.7 Å². The van der Waals surface area contributed by atoms with E-state index in [9.17, 15) is 5.11 Å². The normalized spacial score (nSPS) is 12.2. The average molecular weight is 860 g/mol. The van der Waals surface area contributed by atoms with Gasteiger partial charge in [-0.05, 0) is 72.6 Å². The van der Waals surface area contributed by atoms with Crippen molar-refractivity contribution in [1.82, 2.24) is 0 Å². The number of aryl methyl sites for hydroxylation is 1. The maximum absolute atomic E-state index is 12.3. The fourth-order valence-corrected chi connectivity index (χ4v) is 9.77. The standard InChI is InChI=1S/C60H106O2/c1-11-14-17-20-23-26-29-32-35-38-41-44-51-52(45-42-39-36-33-30-27-24-21-18-15-12-2)58(62-46-43-40-37-34-31-28-25-22-19-16-13-3)53(49-56(51)61)57-54(59(5,6)7)47-50(4)48-55(57)60(8,9)10/h47-49,61H,11-46H2,1-10H3. The van der Waals surface area contributed by atoms with E-state index in [4.69, 9.17) is 4.74 Å². The van der Waals surface area contributed by atoms with Gasteiger partial charge >= 0.3 is 0 Å². The van der Waals surface area contributed by atoms with Crippen LogP contribution in [0.5, 0.6) is 11.5 Å². The zero-order chi connectivity index (χ0) is 45.5. The maximum atomic E-state index is 12.3. The van der Waals surface area contributed by atoms with Gasteiger partial charge in [0.25, 0.3) is 0 Å². The lowest BCUT2D eigenvalue weighted by Gasteiger charge is -2.32.